The minimum atomic E-state index is -3.15. The first-order chi connectivity index (χ1) is 9.36. The summed E-state index contributed by atoms with van der Waals surface area (Å²) < 4.78 is 25.8. The number of piperidine rings is 1. The van der Waals surface area contributed by atoms with E-state index in [2.05, 4.69) is 10.0 Å². The molecule has 0 aromatic carbocycles. The van der Waals surface area contributed by atoms with Crippen molar-refractivity contribution in [3.63, 3.8) is 0 Å². The fraction of sp³-hybridized carbons (Fsp3) is 0.923. The van der Waals surface area contributed by atoms with E-state index in [1.807, 2.05) is 11.8 Å². The summed E-state index contributed by atoms with van der Waals surface area (Å²) in [6, 6.07) is -0.0292. The predicted molar refractivity (Wildman–Crippen MR) is 77.8 cm³/mol. The third kappa shape index (κ3) is 3.51. The maximum atomic E-state index is 12.5. The van der Waals surface area contributed by atoms with Gasteiger partial charge in [0.15, 0.2) is 0 Å². The number of carbonyl (C=O) groups excluding carboxylic acids is 1. The molecule has 0 saturated carbocycles. The summed E-state index contributed by atoms with van der Waals surface area (Å²) in [6.07, 6.45) is 2.29. The molecule has 2 fully saturated rings. The first-order valence-corrected chi connectivity index (χ1v) is 9.02. The predicted octanol–water partition coefficient (Wildman–Crippen LogP) is -0.0837. The van der Waals surface area contributed by atoms with E-state index in [9.17, 15) is 13.2 Å². The highest BCUT2D eigenvalue weighted by molar-refractivity contribution is 7.89. The van der Waals surface area contributed by atoms with E-state index in [-0.39, 0.29) is 23.1 Å². The highest BCUT2D eigenvalue weighted by Gasteiger charge is 2.40. The average Bonchev–Trinajstić information content (AvgIpc) is 2.87. The minimum Gasteiger partial charge on any atom is -0.342 e. The van der Waals surface area contributed by atoms with Gasteiger partial charge in [0.1, 0.15) is 0 Å². The molecular weight excluding hydrogens is 278 g/mol. The molecule has 0 spiro atoms. The Bertz CT molecular complexity index is 449. The normalized spacial score (nSPS) is 28.8. The van der Waals surface area contributed by atoms with Crippen molar-refractivity contribution in [1.29, 1.82) is 0 Å². The maximum absolute atomic E-state index is 12.5. The number of nitrogens with zero attached hydrogens (tertiary/aromatic N) is 1. The van der Waals surface area contributed by atoms with Crippen molar-refractivity contribution in [2.24, 2.45) is 5.41 Å². The molecule has 20 heavy (non-hydrogen) atoms. The fourth-order valence-corrected chi connectivity index (χ4v) is 3.83. The zero-order chi connectivity index (χ0) is 14.8. The van der Waals surface area contributed by atoms with Gasteiger partial charge in [-0.25, -0.2) is 13.1 Å². The van der Waals surface area contributed by atoms with Gasteiger partial charge in [0.25, 0.3) is 0 Å². The molecule has 0 radical (unpaired) electrons. The third-order valence-corrected chi connectivity index (χ3v) is 5.85. The molecule has 2 N–H and O–H groups in total. The van der Waals surface area contributed by atoms with E-state index in [1.54, 1.807) is 6.92 Å². The van der Waals surface area contributed by atoms with Crippen molar-refractivity contribution in [3.8, 4) is 0 Å². The van der Waals surface area contributed by atoms with Gasteiger partial charge >= 0.3 is 0 Å². The third-order valence-electron chi connectivity index (χ3n) is 4.39. The second kappa shape index (κ2) is 5.99. The molecule has 0 aliphatic carbocycles. The lowest BCUT2D eigenvalue weighted by atomic mass is 9.87. The van der Waals surface area contributed by atoms with Crippen LogP contribution >= 0.6 is 0 Å². The van der Waals surface area contributed by atoms with Crippen LogP contribution in [0.3, 0.4) is 0 Å². The van der Waals surface area contributed by atoms with E-state index in [4.69, 9.17) is 0 Å². The van der Waals surface area contributed by atoms with Crippen LogP contribution in [-0.4, -0.2) is 57.2 Å². The van der Waals surface area contributed by atoms with E-state index < -0.39 is 10.0 Å². The topological polar surface area (TPSA) is 78.5 Å². The van der Waals surface area contributed by atoms with Crippen molar-refractivity contribution in [3.05, 3.63) is 0 Å². The van der Waals surface area contributed by atoms with Crippen LogP contribution in [0, 0.1) is 5.41 Å². The van der Waals surface area contributed by atoms with Gasteiger partial charge in [0.2, 0.25) is 15.9 Å². The number of sulfonamides is 1. The Balaban J connectivity index is 1.87. The van der Waals surface area contributed by atoms with E-state index in [0.29, 0.717) is 25.9 Å². The second-order valence-electron chi connectivity index (χ2n) is 6.08. The van der Waals surface area contributed by atoms with Gasteiger partial charge in [-0.05, 0) is 39.7 Å². The van der Waals surface area contributed by atoms with Crippen LogP contribution in [0.4, 0.5) is 0 Å². The zero-order valence-corrected chi connectivity index (χ0v) is 13.1. The monoisotopic (exact) mass is 303 g/mol. The van der Waals surface area contributed by atoms with Gasteiger partial charge < -0.3 is 10.2 Å². The molecule has 1 atom stereocenters. The lowest BCUT2D eigenvalue weighted by molar-refractivity contribution is -0.141. The van der Waals surface area contributed by atoms with Crippen molar-refractivity contribution >= 4 is 15.9 Å². The van der Waals surface area contributed by atoms with Crippen LogP contribution in [0.5, 0.6) is 0 Å². The smallest absolute Gasteiger partial charge is 0.229 e. The van der Waals surface area contributed by atoms with Gasteiger partial charge in [0.05, 0.1) is 11.2 Å². The maximum Gasteiger partial charge on any atom is 0.229 e. The Morgan fingerprint density at radius 3 is 2.55 bits per heavy atom. The summed E-state index contributed by atoms with van der Waals surface area (Å²) in [7, 11) is -3.15. The van der Waals surface area contributed by atoms with Gasteiger partial charge in [-0.1, -0.05) is 0 Å². The molecule has 0 aromatic heterocycles. The number of carbonyl (C=O) groups is 1. The van der Waals surface area contributed by atoms with E-state index >= 15 is 0 Å². The van der Waals surface area contributed by atoms with Gasteiger partial charge in [0, 0.05) is 25.7 Å². The van der Waals surface area contributed by atoms with Crippen molar-refractivity contribution in [2.75, 3.05) is 31.9 Å². The molecular formula is C13H25N3O3S. The Morgan fingerprint density at radius 1 is 1.40 bits per heavy atom. The number of hydrogen-bond donors (Lipinski definition) is 2. The summed E-state index contributed by atoms with van der Waals surface area (Å²) in [4.78, 5) is 14.4. The van der Waals surface area contributed by atoms with Crippen LogP contribution in [-0.2, 0) is 14.8 Å². The summed E-state index contributed by atoms with van der Waals surface area (Å²) in [5.41, 5.74) is -0.282. The first kappa shape index (κ1) is 15.7. The van der Waals surface area contributed by atoms with Gasteiger partial charge in [-0.3, -0.25) is 4.79 Å². The lowest BCUT2D eigenvalue weighted by Gasteiger charge is -2.36. The van der Waals surface area contributed by atoms with Crippen molar-refractivity contribution in [2.45, 2.75) is 39.2 Å². The second-order valence-corrected chi connectivity index (χ2v) is 8.12. The quantitative estimate of drug-likeness (QED) is 0.761. The van der Waals surface area contributed by atoms with E-state index in [1.165, 1.54) is 0 Å². The Kier molecular flexibility index (Phi) is 4.71. The summed E-state index contributed by atoms with van der Waals surface area (Å²) in [5.74, 6) is 0.315. The van der Waals surface area contributed by atoms with Crippen LogP contribution < -0.4 is 10.0 Å². The lowest BCUT2D eigenvalue weighted by Crippen LogP contribution is -2.51. The first-order valence-electron chi connectivity index (χ1n) is 7.36. The number of rotatable bonds is 4. The molecule has 1 amide bonds. The fourth-order valence-electron chi connectivity index (χ4n) is 2.92. The van der Waals surface area contributed by atoms with Gasteiger partial charge in [-0.2, -0.15) is 0 Å². The Labute approximate surface area is 121 Å². The summed E-state index contributed by atoms with van der Waals surface area (Å²) >= 11 is 0. The number of amides is 1. The SMILES string of the molecule is CCS(=O)(=O)NC1CCN(C(=O)C2(C)CCNC2)CC1. The van der Waals surface area contributed by atoms with E-state index in [0.717, 1.165) is 19.5 Å². The molecule has 0 aromatic rings. The molecule has 116 valence electrons. The molecule has 2 heterocycles. The minimum absolute atomic E-state index is 0.0292. The molecule has 0 bridgehead atoms. The van der Waals surface area contributed by atoms with Crippen LogP contribution in [0.15, 0.2) is 0 Å². The van der Waals surface area contributed by atoms with Crippen molar-refractivity contribution < 1.29 is 13.2 Å². The average molecular weight is 303 g/mol. The highest BCUT2D eigenvalue weighted by Crippen LogP contribution is 2.28. The van der Waals surface area contributed by atoms with Gasteiger partial charge in [-0.15, -0.1) is 0 Å². The molecule has 7 heteroatoms. The Hall–Kier alpha value is -0.660. The highest BCUT2D eigenvalue weighted by atomic mass is 32.2. The Morgan fingerprint density at radius 2 is 2.05 bits per heavy atom. The molecule has 1 unspecified atom stereocenters. The van der Waals surface area contributed by atoms with Crippen LogP contribution in [0.25, 0.3) is 0 Å². The number of likely N-dealkylation sites (tertiary alicyclic amines) is 1. The molecule has 2 rings (SSSR count). The number of hydrogen-bond acceptors (Lipinski definition) is 4. The molecule has 2 aliphatic rings. The number of nitrogens with one attached hydrogen (secondary N) is 2. The zero-order valence-electron chi connectivity index (χ0n) is 12.3. The summed E-state index contributed by atoms with van der Waals surface area (Å²) in [6.45, 7) is 6.58. The molecule has 2 aliphatic heterocycles. The van der Waals surface area contributed by atoms with Crippen LogP contribution in [0.1, 0.15) is 33.1 Å². The summed E-state index contributed by atoms with van der Waals surface area (Å²) in [5, 5.41) is 3.24. The van der Waals surface area contributed by atoms with Crippen molar-refractivity contribution in [1.82, 2.24) is 14.9 Å². The van der Waals surface area contributed by atoms with Crippen LogP contribution in [0.2, 0.25) is 0 Å². The molecule has 6 nitrogen and oxygen atoms in total. The standard InChI is InChI=1S/C13H25N3O3S/c1-3-20(18,19)15-11-4-8-16(9-5-11)12(17)13(2)6-7-14-10-13/h11,14-15H,3-10H2,1-2H3. The molecule has 2 saturated heterocycles. The largest absolute Gasteiger partial charge is 0.342 e.